The first kappa shape index (κ1) is 22.5. The number of carbonyl (C=O) groups is 2. The Bertz CT molecular complexity index is 1050. The Labute approximate surface area is 176 Å². The number of amides is 1. The summed E-state index contributed by atoms with van der Waals surface area (Å²) in [5.74, 6) is -1.12. The van der Waals surface area contributed by atoms with Crippen LogP contribution in [0.3, 0.4) is 0 Å². The van der Waals surface area contributed by atoms with Crippen LogP contribution in [-0.2, 0) is 15.7 Å². The number of piperidine rings is 1. The van der Waals surface area contributed by atoms with Crippen molar-refractivity contribution in [3.8, 4) is 5.69 Å². The van der Waals surface area contributed by atoms with Crippen molar-refractivity contribution in [2.45, 2.75) is 44.8 Å². The topological polar surface area (TPSA) is 81.5 Å². The van der Waals surface area contributed by atoms with E-state index in [1.165, 1.54) is 37.1 Å². The van der Waals surface area contributed by atoms with Gasteiger partial charge in [-0.3, -0.25) is 14.4 Å². The summed E-state index contributed by atoms with van der Waals surface area (Å²) in [5.41, 5.74) is -1.54. The number of likely N-dealkylation sites (tertiary alicyclic amines) is 1. The van der Waals surface area contributed by atoms with Crippen molar-refractivity contribution in [3.63, 3.8) is 0 Å². The Morgan fingerprint density at radius 3 is 2.65 bits per heavy atom. The molecule has 166 valence electrons. The van der Waals surface area contributed by atoms with Gasteiger partial charge in [0.05, 0.1) is 24.8 Å². The van der Waals surface area contributed by atoms with E-state index in [1.54, 1.807) is 0 Å². The first-order chi connectivity index (χ1) is 14.6. The fraction of sp³-hybridized carbons (Fsp3) is 0.429. The zero-order chi connectivity index (χ0) is 22.8. The number of hydrogen-bond acceptors (Lipinski definition) is 5. The van der Waals surface area contributed by atoms with Gasteiger partial charge in [0.1, 0.15) is 0 Å². The standard InChI is InChI=1S/C21H22F3N3O4/c1-13-10-17(28)19(20(30)26-9-4-3-7-15(26)12-18(29)31-2)25-27(13)16-8-5-6-14(11-16)21(22,23)24/h5-6,8,10-11,15H,3-4,7,9,12H2,1-2H3. The predicted octanol–water partition coefficient (Wildman–Crippen LogP) is 3.12. The molecular weight excluding hydrogens is 415 g/mol. The third-order valence-electron chi connectivity index (χ3n) is 5.25. The summed E-state index contributed by atoms with van der Waals surface area (Å²) in [6.45, 7) is 1.86. The molecule has 31 heavy (non-hydrogen) atoms. The second-order valence-electron chi connectivity index (χ2n) is 7.39. The van der Waals surface area contributed by atoms with E-state index in [2.05, 4.69) is 5.10 Å². The number of methoxy groups -OCH3 is 1. The van der Waals surface area contributed by atoms with Gasteiger partial charge in [-0.15, -0.1) is 0 Å². The SMILES string of the molecule is COC(=O)CC1CCCCN1C(=O)c1nn(-c2cccc(C(F)(F)F)c2)c(C)cc1=O. The first-order valence-electron chi connectivity index (χ1n) is 9.78. The molecule has 7 nitrogen and oxygen atoms in total. The van der Waals surface area contributed by atoms with Crippen molar-refractivity contribution >= 4 is 11.9 Å². The third-order valence-corrected chi connectivity index (χ3v) is 5.25. The molecule has 1 unspecified atom stereocenters. The highest BCUT2D eigenvalue weighted by atomic mass is 19.4. The minimum Gasteiger partial charge on any atom is -0.469 e. The summed E-state index contributed by atoms with van der Waals surface area (Å²) in [5, 5.41) is 4.10. The number of aromatic nitrogens is 2. The van der Waals surface area contributed by atoms with Gasteiger partial charge >= 0.3 is 12.1 Å². The lowest BCUT2D eigenvalue weighted by Gasteiger charge is -2.34. The smallest absolute Gasteiger partial charge is 0.416 e. The summed E-state index contributed by atoms with van der Waals surface area (Å²) >= 11 is 0. The highest BCUT2D eigenvalue weighted by Crippen LogP contribution is 2.30. The molecule has 1 atom stereocenters. The summed E-state index contributed by atoms with van der Waals surface area (Å²) in [4.78, 5) is 38.8. The van der Waals surface area contributed by atoms with Crippen LogP contribution in [0, 0.1) is 6.92 Å². The van der Waals surface area contributed by atoms with Gasteiger partial charge in [-0.05, 0) is 44.4 Å². The monoisotopic (exact) mass is 437 g/mol. The Morgan fingerprint density at radius 2 is 1.97 bits per heavy atom. The van der Waals surface area contributed by atoms with Gasteiger partial charge in [-0.2, -0.15) is 18.3 Å². The third kappa shape index (κ3) is 4.95. The molecule has 10 heteroatoms. The highest BCUT2D eigenvalue weighted by Gasteiger charge is 2.33. The molecule has 1 aliphatic rings. The number of carbonyl (C=O) groups excluding carboxylic acids is 2. The van der Waals surface area contributed by atoms with Gasteiger partial charge in [0.15, 0.2) is 5.69 Å². The fourth-order valence-corrected chi connectivity index (χ4v) is 3.66. The molecule has 3 rings (SSSR count). The first-order valence-corrected chi connectivity index (χ1v) is 9.78. The van der Waals surface area contributed by atoms with E-state index in [0.29, 0.717) is 19.4 Å². The summed E-state index contributed by atoms with van der Waals surface area (Å²) < 4.78 is 45.1. The molecular formula is C21H22F3N3O4. The minimum atomic E-state index is -4.55. The number of halogens is 3. The molecule has 0 N–H and O–H groups in total. The second-order valence-corrected chi connectivity index (χ2v) is 7.39. The maximum Gasteiger partial charge on any atom is 0.416 e. The molecule has 0 aliphatic carbocycles. The van der Waals surface area contributed by atoms with Crippen molar-refractivity contribution in [2.75, 3.05) is 13.7 Å². The van der Waals surface area contributed by atoms with Crippen molar-refractivity contribution in [1.82, 2.24) is 14.7 Å². The summed E-state index contributed by atoms with van der Waals surface area (Å²) in [7, 11) is 1.26. The number of nitrogens with zero attached hydrogens (tertiary/aromatic N) is 3. The number of aryl methyl sites for hydroxylation is 1. The Hall–Kier alpha value is -3.17. The van der Waals surface area contributed by atoms with Crippen LogP contribution in [0.25, 0.3) is 5.69 Å². The zero-order valence-electron chi connectivity index (χ0n) is 17.1. The summed E-state index contributed by atoms with van der Waals surface area (Å²) in [6, 6.07) is 5.21. The number of benzene rings is 1. The van der Waals surface area contributed by atoms with Crippen LogP contribution in [0.1, 0.15) is 47.4 Å². The average Bonchev–Trinajstić information content (AvgIpc) is 2.73. The quantitative estimate of drug-likeness (QED) is 0.687. The van der Waals surface area contributed by atoms with Crippen LogP contribution >= 0.6 is 0 Å². The molecule has 1 amide bonds. The molecule has 2 aromatic rings. The molecule has 0 saturated carbocycles. The van der Waals surface area contributed by atoms with Crippen LogP contribution in [0.2, 0.25) is 0 Å². The van der Waals surface area contributed by atoms with E-state index < -0.39 is 40.8 Å². The molecule has 2 heterocycles. The number of hydrogen-bond donors (Lipinski definition) is 0. The molecule has 1 aromatic carbocycles. The molecule has 1 aromatic heterocycles. The largest absolute Gasteiger partial charge is 0.469 e. The second kappa shape index (κ2) is 8.91. The summed E-state index contributed by atoms with van der Waals surface area (Å²) in [6.07, 6.45) is -2.45. The molecule has 0 bridgehead atoms. The fourth-order valence-electron chi connectivity index (χ4n) is 3.66. The van der Waals surface area contributed by atoms with Gasteiger partial charge in [-0.1, -0.05) is 6.07 Å². The van der Waals surface area contributed by atoms with E-state index in [9.17, 15) is 27.6 Å². The van der Waals surface area contributed by atoms with Crippen LogP contribution in [0.4, 0.5) is 13.2 Å². The van der Waals surface area contributed by atoms with Gasteiger partial charge in [0.25, 0.3) is 5.91 Å². The van der Waals surface area contributed by atoms with Crippen LogP contribution < -0.4 is 5.43 Å². The van der Waals surface area contributed by atoms with Gasteiger partial charge in [0.2, 0.25) is 5.43 Å². The number of alkyl halides is 3. The number of ether oxygens (including phenoxy) is 1. The maximum atomic E-state index is 13.1. The highest BCUT2D eigenvalue weighted by molar-refractivity contribution is 5.92. The predicted molar refractivity (Wildman–Crippen MR) is 105 cm³/mol. The van der Waals surface area contributed by atoms with Crippen LogP contribution in [0.5, 0.6) is 0 Å². The lowest BCUT2D eigenvalue weighted by Crippen LogP contribution is -2.46. The molecule has 1 saturated heterocycles. The van der Waals surface area contributed by atoms with Crippen LogP contribution in [0.15, 0.2) is 35.1 Å². The number of esters is 1. The van der Waals surface area contributed by atoms with E-state index in [1.807, 2.05) is 0 Å². The van der Waals surface area contributed by atoms with E-state index in [4.69, 9.17) is 4.74 Å². The van der Waals surface area contributed by atoms with E-state index in [0.717, 1.165) is 23.2 Å². The van der Waals surface area contributed by atoms with Crippen LogP contribution in [-0.4, -0.2) is 46.3 Å². The molecule has 0 radical (unpaired) electrons. The zero-order valence-corrected chi connectivity index (χ0v) is 17.1. The van der Waals surface area contributed by atoms with Crippen molar-refractivity contribution in [1.29, 1.82) is 0 Å². The lowest BCUT2D eigenvalue weighted by atomic mass is 9.99. The Kier molecular flexibility index (Phi) is 6.47. The molecule has 1 fully saturated rings. The molecule has 1 aliphatic heterocycles. The van der Waals surface area contributed by atoms with Gasteiger partial charge in [-0.25, -0.2) is 4.68 Å². The van der Waals surface area contributed by atoms with E-state index in [-0.39, 0.29) is 17.8 Å². The Balaban J connectivity index is 2.00. The maximum absolute atomic E-state index is 13.1. The van der Waals surface area contributed by atoms with E-state index >= 15 is 0 Å². The van der Waals surface area contributed by atoms with Crippen molar-refractivity contribution in [3.05, 3.63) is 57.5 Å². The average molecular weight is 437 g/mol. The lowest BCUT2D eigenvalue weighted by molar-refractivity contribution is -0.142. The Morgan fingerprint density at radius 1 is 1.23 bits per heavy atom. The van der Waals surface area contributed by atoms with Gasteiger partial charge < -0.3 is 9.64 Å². The minimum absolute atomic E-state index is 0.00405. The number of rotatable bonds is 4. The van der Waals surface area contributed by atoms with Crippen molar-refractivity contribution in [2.24, 2.45) is 0 Å². The normalized spacial score (nSPS) is 16.8. The van der Waals surface area contributed by atoms with Gasteiger partial charge in [0, 0.05) is 24.3 Å². The van der Waals surface area contributed by atoms with Crippen molar-refractivity contribution < 1.29 is 27.5 Å². The molecule has 0 spiro atoms.